The molecule has 2 nitrogen and oxygen atoms in total. The van der Waals surface area contributed by atoms with Crippen LogP contribution >= 0.6 is 11.6 Å². The summed E-state index contributed by atoms with van der Waals surface area (Å²) in [6, 6.07) is 31.7. The number of pyridine rings is 1. The smallest absolute Gasteiger partial charge is 0.120 e. The summed E-state index contributed by atoms with van der Waals surface area (Å²) in [5.41, 5.74) is 7.13. The van der Waals surface area contributed by atoms with Crippen molar-refractivity contribution in [3.63, 3.8) is 0 Å². The average Bonchev–Trinajstić information content (AvgIpc) is 2.91. The topological polar surface area (TPSA) is 22.1 Å². The molecular weight excluding hydrogens is 438 g/mol. The van der Waals surface area contributed by atoms with Gasteiger partial charge < -0.3 is 4.74 Å². The van der Waals surface area contributed by atoms with Crippen molar-refractivity contribution in [2.45, 2.75) is 51.0 Å². The fraction of sp³-hybridized carbons (Fsp3) is 0.258. The lowest BCUT2D eigenvalue weighted by molar-refractivity contribution is 0.306. The van der Waals surface area contributed by atoms with E-state index in [0.29, 0.717) is 24.3 Å². The zero-order valence-electron chi connectivity index (χ0n) is 20.0. The Balaban J connectivity index is 1.35. The minimum Gasteiger partial charge on any atom is -0.489 e. The van der Waals surface area contributed by atoms with Crippen LogP contribution in [0.5, 0.6) is 5.75 Å². The van der Waals surface area contributed by atoms with Crippen LogP contribution in [0.4, 0.5) is 0 Å². The number of rotatable bonds is 10. The molecule has 0 bridgehead atoms. The predicted molar refractivity (Wildman–Crippen MR) is 143 cm³/mol. The van der Waals surface area contributed by atoms with Gasteiger partial charge in [0.2, 0.25) is 0 Å². The fourth-order valence-electron chi connectivity index (χ4n) is 4.37. The van der Waals surface area contributed by atoms with E-state index in [1.165, 1.54) is 22.3 Å². The highest BCUT2D eigenvalue weighted by atomic mass is 35.5. The first-order chi connectivity index (χ1) is 16.7. The van der Waals surface area contributed by atoms with Gasteiger partial charge in [0.1, 0.15) is 12.4 Å². The van der Waals surface area contributed by atoms with E-state index >= 15 is 0 Å². The number of hydrogen-bond acceptors (Lipinski definition) is 2. The van der Waals surface area contributed by atoms with Crippen molar-refractivity contribution >= 4 is 11.6 Å². The summed E-state index contributed by atoms with van der Waals surface area (Å²) in [7, 11) is 0. The lowest BCUT2D eigenvalue weighted by Crippen LogP contribution is -2.04. The normalized spacial score (nSPS) is 12.8. The molecule has 0 spiro atoms. The maximum Gasteiger partial charge on any atom is 0.120 e. The number of alkyl halides is 1. The first kappa shape index (κ1) is 24.0. The highest BCUT2D eigenvalue weighted by Crippen LogP contribution is 2.32. The van der Waals surface area contributed by atoms with E-state index in [9.17, 15) is 0 Å². The molecule has 0 aliphatic carbocycles. The number of ether oxygens (including phenoxy) is 1. The monoisotopic (exact) mass is 469 g/mol. The summed E-state index contributed by atoms with van der Waals surface area (Å²) in [6.07, 6.45) is 4.08. The molecule has 2 atom stereocenters. The van der Waals surface area contributed by atoms with Gasteiger partial charge >= 0.3 is 0 Å². The molecule has 0 saturated carbocycles. The predicted octanol–water partition coefficient (Wildman–Crippen LogP) is 8.75. The van der Waals surface area contributed by atoms with Crippen molar-refractivity contribution in [3.8, 4) is 17.0 Å². The Bertz CT molecular complexity index is 1160. The molecule has 0 radical (unpaired) electrons. The summed E-state index contributed by atoms with van der Waals surface area (Å²) in [5.74, 6) is 2.46. The van der Waals surface area contributed by atoms with Crippen molar-refractivity contribution in [1.82, 2.24) is 4.98 Å². The summed E-state index contributed by atoms with van der Waals surface area (Å²) in [6.45, 7) is 5.14. The van der Waals surface area contributed by atoms with Gasteiger partial charge in [-0.15, -0.1) is 11.6 Å². The minimum atomic E-state index is 0.489. The SMILES string of the molecule is CCC(CC(C)c1ccc(COc2cccc(-c3ccccn3)c2)cc1)c1ccc(CCl)cc1. The second kappa shape index (κ2) is 11.9. The molecule has 3 heteroatoms. The molecule has 4 aromatic rings. The summed E-state index contributed by atoms with van der Waals surface area (Å²) >= 11 is 5.95. The average molecular weight is 470 g/mol. The zero-order valence-corrected chi connectivity index (χ0v) is 20.7. The third kappa shape index (κ3) is 6.27. The highest BCUT2D eigenvalue weighted by molar-refractivity contribution is 6.17. The van der Waals surface area contributed by atoms with Crippen molar-refractivity contribution < 1.29 is 4.74 Å². The first-order valence-corrected chi connectivity index (χ1v) is 12.6. The van der Waals surface area contributed by atoms with Crippen LogP contribution in [0.25, 0.3) is 11.3 Å². The van der Waals surface area contributed by atoms with Gasteiger partial charge in [-0.1, -0.05) is 80.6 Å². The molecule has 0 amide bonds. The van der Waals surface area contributed by atoms with Gasteiger partial charge in [-0.25, -0.2) is 0 Å². The number of nitrogens with zero attached hydrogens (tertiary/aromatic N) is 1. The van der Waals surface area contributed by atoms with Crippen molar-refractivity contribution in [1.29, 1.82) is 0 Å². The largest absolute Gasteiger partial charge is 0.489 e. The maximum absolute atomic E-state index is 6.08. The molecule has 0 aliphatic rings. The first-order valence-electron chi connectivity index (χ1n) is 12.0. The van der Waals surface area contributed by atoms with Crippen LogP contribution in [0.15, 0.2) is 97.2 Å². The third-order valence-electron chi connectivity index (χ3n) is 6.49. The number of hydrogen-bond donors (Lipinski definition) is 0. The Kier molecular flexibility index (Phi) is 8.38. The molecule has 34 heavy (non-hydrogen) atoms. The quantitative estimate of drug-likeness (QED) is 0.216. The summed E-state index contributed by atoms with van der Waals surface area (Å²) in [5, 5.41) is 0. The number of benzene rings is 3. The molecule has 4 rings (SSSR count). The van der Waals surface area contributed by atoms with Crippen molar-refractivity contribution in [2.24, 2.45) is 0 Å². The van der Waals surface area contributed by atoms with Gasteiger partial charge in [0.15, 0.2) is 0 Å². The zero-order chi connectivity index (χ0) is 23.8. The molecule has 0 fully saturated rings. The molecular formula is C31H32ClNO. The number of halogens is 1. The summed E-state index contributed by atoms with van der Waals surface area (Å²) in [4.78, 5) is 4.43. The lowest BCUT2D eigenvalue weighted by Gasteiger charge is -2.21. The molecule has 174 valence electrons. The lowest BCUT2D eigenvalue weighted by atomic mass is 9.84. The van der Waals surface area contributed by atoms with Crippen LogP contribution in [0.1, 0.15) is 60.8 Å². The molecule has 2 unspecified atom stereocenters. The van der Waals surface area contributed by atoms with Crippen LogP contribution in [0.2, 0.25) is 0 Å². The Morgan fingerprint density at radius 3 is 2.24 bits per heavy atom. The van der Waals surface area contributed by atoms with Gasteiger partial charge in [0.25, 0.3) is 0 Å². The fourth-order valence-corrected chi connectivity index (χ4v) is 4.55. The van der Waals surface area contributed by atoms with E-state index in [1.807, 2.05) is 42.6 Å². The van der Waals surface area contributed by atoms with E-state index < -0.39 is 0 Å². The molecule has 0 N–H and O–H groups in total. The molecule has 3 aromatic carbocycles. The highest BCUT2D eigenvalue weighted by Gasteiger charge is 2.15. The Hall–Kier alpha value is -3.10. The van der Waals surface area contributed by atoms with Crippen LogP contribution in [0, 0.1) is 0 Å². The van der Waals surface area contributed by atoms with Crippen molar-refractivity contribution in [2.75, 3.05) is 0 Å². The molecule has 0 aliphatic heterocycles. The third-order valence-corrected chi connectivity index (χ3v) is 6.79. The maximum atomic E-state index is 6.08. The number of aromatic nitrogens is 1. The van der Waals surface area contributed by atoms with Crippen LogP contribution in [0.3, 0.4) is 0 Å². The second-order valence-corrected chi connectivity index (χ2v) is 9.16. The Labute approximate surface area is 208 Å². The van der Waals surface area contributed by atoms with E-state index in [0.717, 1.165) is 29.8 Å². The van der Waals surface area contributed by atoms with E-state index in [-0.39, 0.29) is 0 Å². The van der Waals surface area contributed by atoms with Crippen LogP contribution in [-0.4, -0.2) is 4.98 Å². The van der Waals surface area contributed by atoms with Gasteiger partial charge in [0.05, 0.1) is 5.69 Å². The molecule has 0 saturated heterocycles. The van der Waals surface area contributed by atoms with E-state index in [2.05, 4.69) is 73.4 Å². The minimum absolute atomic E-state index is 0.489. The van der Waals surface area contributed by atoms with Gasteiger partial charge in [-0.3, -0.25) is 4.98 Å². The standard InChI is InChI=1S/C31H32ClNO/c1-3-26(28-16-10-24(21-32)11-17-28)19-23(2)27-14-12-25(13-15-27)22-34-30-8-6-7-29(20-30)31-9-4-5-18-33-31/h4-18,20,23,26H,3,19,21-22H2,1-2H3. The second-order valence-electron chi connectivity index (χ2n) is 8.89. The molecule has 1 heterocycles. The Morgan fingerprint density at radius 2 is 1.56 bits per heavy atom. The van der Waals surface area contributed by atoms with Crippen molar-refractivity contribution in [3.05, 3.63) is 119 Å². The van der Waals surface area contributed by atoms with Gasteiger partial charge in [-0.05, 0) is 71.2 Å². The van der Waals surface area contributed by atoms with E-state index in [1.54, 1.807) is 0 Å². The van der Waals surface area contributed by atoms with E-state index in [4.69, 9.17) is 16.3 Å². The van der Waals surface area contributed by atoms with Gasteiger partial charge in [-0.2, -0.15) is 0 Å². The molecule has 1 aromatic heterocycles. The van der Waals surface area contributed by atoms with Gasteiger partial charge in [0, 0.05) is 17.6 Å². The van der Waals surface area contributed by atoms with Crippen LogP contribution < -0.4 is 4.74 Å². The summed E-state index contributed by atoms with van der Waals surface area (Å²) < 4.78 is 6.08. The van der Waals surface area contributed by atoms with Crippen LogP contribution in [-0.2, 0) is 12.5 Å². The Morgan fingerprint density at radius 1 is 0.824 bits per heavy atom.